The molecule has 3 heterocycles. The Labute approximate surface area is 147 Å². The lowest BCUT2D eigenvalue weighted by atomic mass is 10.1. The van der Waals surface area contributed by atoms with Gasteiger partial charge in [-0.25, -0.2) is 4.98 Å². The van der Waals surface area contributed by atoms with Gasteiger partial charge in [-0.2, -0.15) is 0 Å². The van der Waals surface area contributed by atoms with Crippen LogP contribution in [0.3, 0.4) is 0 Å². The van der Waals surface area contributed by atoms with Crippen LogP contribution in [-0.4, -0.2) is 21.2 Å². The van der Waals surface area contributed by atoms with Crippen molar-refractivity contribution in [3.63, 3.8) is 0 Å². The molecule has 0 radical (unpaired) electrons. The number of anilines is 1. The molecule has 3 aromatic rings. The average molecular weight is 353 g/mol. The van der Waals surface area contributed by atoms with Crippen molar-refractivity contribution in [1.29, 1.82) is 0 Å². The first-order chi connectivity index (χ1) is 11.9. The topological polar surface area (TPSA) is 81.1 Å². The SMILES string of the molecule is Cc1sc2ncn(CC(=O)c3ccc4c(c3)CC(=O)N4)c(=O)c2c1C. The summed E-state index contributed by atoms with van der Waals surface area (Å²) < 4.78 is 1.35. The van der Waals surface area contributed by atoms with Crippen LogP contribution in [0, 0.1) is 13.8 Å². The van der Waals surface area contributed by atoms with Gasteiger partial charge in [-0.1, -0.05) is 0 Å². The summed E-state index contributed by atoms with van der Waals surface area (Å²) in [5.41, 5.74) is 2.76. The average Bonchev–Trinajstić information content (AvgIpc) is 3.08. The van der Waals surface area contributed by atoms with Gasteiger partial charge in [0, 0.05) is 16.1 Å². The summed E-state index contributed by atoms with van der Waals surface area (Å²) in [6, 6.07) is 5.11. The molecule has 1 aromatic carbocycles. The number of fused-ring (bicyclic) bond motifs is 2. The van der Waals surface area contributed by atoms with E-state index in [0.29, 0.717) is 15.8 Å². The van der Waals surface area contributed by atoms with Crippen molar-refractivity contribution in [3.05, 3.63) is 56.4 Å². The lowest BCUT2D eigenvalue weighted by Crippen LogP contribution is -2.24. The van der Waals surface area contributed by atoms with Crippen molar-refractivity contribution in [2.24, 2.45) is 0 Å². The fourth-order valence-electron chi connectivity index (χ4n) is 3.03. The number of carbonyl (C=O) groups is 2. The van der Waals surface area contributed by atoms with Crippen LogP contribution in [0.4, 0.5) is 5.69 Å². The van der Waals surface area contributed by atoms with Gasteiger partial charge in [-0.15, -0.1) is 11.3 Å². The van der Waals surface area contributed by atoms with Gasteiger partial charge in [0.2, 0.25) is 5.91 Å². The number of thiophene rings is 1. The van der Waals surface area contributed by atoms with Gasteiger partial charge in [0.25, 0.3) is 5.56 Å². The van der Waals surface area contributed by atoms with Gasteiger partial charge in [-0.05, 0) is 43.2 Å². The van der Waals surface area contributed by atoms with E-state index < -0.39 is 0 Å². The maximum Gasteiger partial charge on any atom is 0.262 e. The number of Topliss-reactive ketones (excluding diaryl/α,β-unsaturated/α-hetero) is 1. The number of nitrogens with zero attached hydrogens (tertiary/aromatic N) is 2. The van der Waals surface area contributed by atoms with Gasteiger partial charge < -0.3 is 5.32 Å². The first kappa shape index (κ1) is 15.7. The Hall–Kier alpha value is -2.80. The van der Waals surface area contributed by atoms with Crippen LogP contribution in [0.25, 0.3) is 10.2 Å². The summed E-state index contributed by atoms with van der Waals surface area (Å²) in [7, 11) is 0. The van der Waals surface area contributed by atoms with Crippen LogP contribution in [-0.2, 0) is 17.8 Å². The highest BCUT2D eigenvalue weighted by Crippen LogP contribution is 2.26. The van der Waals surface area contributed by atoms with E-state index in [1.807, 2.05) is 13.8 Å². The summed E-state index contributed by atoms with van der Waals surface area (Å²) in [6.45, 7) is 3.78. The number of amides is 1. The molecular weight excluding hydrogens is 338 g/mol. The van der Waals surface area contributed by atoms with E-state index in [9.17, 15) is 14.4 Å². The Kier molecular flexibility index (Phi) is 3.54. The Balaban J connectivity index is 1.68. The number of carbonyl (C=O) groups excluding carboxylic acids is 2. The van der Waals surface area contributed by atoms with E-state index in [-0.39, 0.29) is 30.2 Å². The molecule has 0 spiro atoms. The predicted octanol–water partition coefficient (Wildman–Crippen LogP) is 2.45. The molecule has 1 N–H and O–H groups in total. The zero-order valence-corrected chi connectivity index (χ0v) is 14.6. The standard InChI is InChI=1S/C18H15N3O3S/c1-9-10(2)25-17-16(9)18(24)21(8-19-17)7-14(22)11-3-4-13-12(5-11)6-15(23)20-13/h3-5,8H,6-7H2,1-2H3,(H,20,23). The van der Waals surface area contributed by atoms with Crippen LogP contribution < -0.4 is 10.9 Å². The molecule has 2 aromatic heterocycles. The van der Waals surface area contributed by atoms with Crippen molar-refractivity contribution < 1.29 is 9.59 Å². The molecule has 0 aliphatic carbocycles. The second-order valence-electron chi connectivity index (χ2n) is 6.16. The summed E-state index contributed by atoms with van der Waals surface area (Å²) in [6.07, 6.45) is 1.70. The molecule has 0 fully saturated rings. The van der Waals surface area contributed by atoms with Gasteiger partial charge in [0.15, 0.2) is 5.78 Å². The maximum absolute atomic E-state index is 12.7. The predicted molar refractivity (Wildman–Crippen MR) is 96.5 cm³/mol. The number of nitrogens with one attached hydrogen (secondary N) is 1. The van der Waals surface area contributed by atoms with Crippen molar-refractivity contribution in [2.45, 2.75) is 26.8 Å². The number of aromatic nitrogens is 2. The van der Waals surface area contributed by atoms with E-state index in [1.165, 1.54) is 22.2 Å². The molecule has 0 saturated carbocycles. The minimum Gasteiger partial charge on any atom is -0.326 e. The lowest BCUT2D eigenvalue weighted by Gasteiger charge is -2.06. The number of benzene rings is 1. The molecule has 0 atom stereocenters. The van der Waals surface area contributed by atoms with Crippen LogP contribution in [0.1, 0.15) is 26.4 Å². The second-order valence-corrected chi connectivity index (χ2v) is 7.36. The summed E-state index contributed by atoms with van der Waals surface area (Å²) in [5.74, 6) is -0.260. The minimum atomic E-state index is -0.196. The summed E-state index contributed by atoms with van der Waals surface area (Å²) >= 11 is 1.48. The normalized spacial score (nSPS) is 13.1. The molecule has 1 aliphatic rings. The number of rotatable bonds is 3. The highest BCUT2D eigenvalue weighted by molar-refractivity contribution is 7.18. The Morgan fingerprint density at radius 3 is 2.92 bits per heavy atom. The van der Waals surface area contributed by atoms with Crippen LogP contribution in [0.15, 0.2) is 29.3 Å². The van der Waals surface area contributed by atoms with Crippen molar-refractivity contribution in [1.82, 2.24) is 9.55 Å². The van der Waals surface area contributed by atoms with Gasteiger partial charge >= 0.3 is 0 Å². The zero-order valence-electron chi connectivity index (χ0n) is 13.8. The monoisotopic (exact) mass is 353 g/mol. The van der Waals surface area contributed by atoms with Crippen LogP contribution >= 0.6 is 11.3 Å². The molecule has 0 unspecified atom stereocenters. The van der Waals surface area contributed by atoms with E-state index in [4.69, 9.17) is 0 Å². The van der Waals surface area contributed by atoms with Crippen molar-refractivity contribution in [3.8, 4) is 0 Å². The molecule has 4 rings (SSSR count). The molecule has 0 saturated heterocycles. The van der Waals surface area contributed by atoms with E-state index in [2.05, 4.69) is 10.3 Å². The van der Waals surface area contributed by atoms with Crippen molar-refractivity contribution in [2.75, 3.05) is 5.32 Å². The Morgan fingerprint density at radius 1 is 1.32 bits per heavy atom. The van der Waals surface area contributed by atoms with Crippen LogP contribution in [0.2, 0.25) is 0 Å². The fourth-order valence-corrected chi connectivity index (χ4v) is 4.02. The van der Waals surface area contributed by atoms with Gasteiger partial charge in [-0.3, -0.25) is 19.0 Å². The number of hydrogen-bond donors (Lipinski definition) is 1. The van der Waals surface area contributed by atoms with Crippen LogP contribution in [0.5, 0.6) is 0 Å². The van der Waals surface area contributed by atoms with Crippen molar-refractivity contribution >= 4 is 38.9 Å². The third kappa shape index (κ3) is 2.56. The Morgan fingerprint density at radius 2 is 2.12 bits per heavy atom. The first-order valence-electron chi connectivity index (χ1n) is 7.85. The molecule has 126 valence electrons. The third-order valence-corrected chi connectivity index (χ3v) is 5.64. The van der Waals surface area contributed by atoms with E-state index >= 15 is 0 Å². The molecular formula is C18H15N3O3S. The number of ketones is 1. The largest absolute Gasteiger partial charge is 0.326 e. The summed E-state index contributed by atoms with van der Waals surface area (Å²) in [5, 5.41) is 3.32. The molecule has 1 aliphatic heterocycles. The highest BCUT2D eigenvalue weighted by Gasteiger charge is 2.20. The smallest absolute Gasteiger partial charge is 0.262 e. The number of aryl methyl sites for hydroxylation is 2. The number of hydrogen-bond acceptors (Lipinski definition) is 5. The molecule has 6 nitrogen and oxygen atoms in total. The zero-order chi connectivity index (χ0) is 17.7. The van der Waals surface area contributed by atoms with E-state index in [0.717, 1.165) is 21.7 Å². The second kappa shape index (κ2) is 5.63. The summed E-state index contributed by atoms with van der Waals surface area (Å²) in [4.78, 5) is 42.8. The quantitative estimate of drug-likeness (QED) is 0.734. The maximum atomic E-state index is 12.7. The molecule has 7 heteroatoms. The molecule has 25 heavy (non-hydrogen) atoms. The van der Waals surface area contributed by atoms with Gasteiger partial charge in [0.1, 0.15) is 4.83 Å². The highest BCUT2D eigenvalue weighted by atomic mass is 32.1. The molecule has 0 bridgehead atoms. The fraction of sp³-hybridized carbons (Fsp3) is 0.222. The third-order valence-electron chi connectivity index (χ3n) is 4.52. The van der Waals surface area contributed by atoms with Gasteiger partial charge in [0.05, 0.1) is 24.7 Å². The minimum absolute atomic E-state index is 0.0731. The molecule has 1 amide bonds. The van der Waals surface area contributed by atoms with E-state index in [1.54, 1.807) is 18.2 Å². The lowest BCUT2D eigenvalue weighted by molar-refractivity contribution is -0.115. The first-order valence-corrected chi connectivity index (χ1v) is 8.67. The Bertz CT molecular complexity index is 1110.